The number of nitrogens with one attached hydrogen (secondary N) is 3. The number of hydrogen-bond donors (Lipinski definition) is 5. The molecule has 3 aliphatic carbocycles. The molecule has 10 aromatic rings. The van der Waals surface area contributed by atoms with Crippen molar-refractivity contribution in [1.82, 2.24) is 78.1 Å². The molecule has 3 amide bonds. The second kappa shape index (κ2) is 51.5. The van der Waals surface area contributed by atoms with Crippen molar-refractivity contribution in [2.75, 3.05) is 93.9 Å². The monoisotopic (exact) mass is 1900 g/mol. The van der Waals surface area contributed by atoms with Gasteiger partial charge in [0.05, 0.1) is 38.5 Å². The van der Waals surface area contributed by atoms with Crippen LogP contribution in [0.3, 0.4) is 0 Å². The Morgan fingerprint density at radius 1 is 0.401 bits per heavy atom. The van der Waals surface area contributed by atoms with E-state index in [0.717, 1.165) is 140 Å². The minimum atomic E-state index is -1.00. The lowest BCUT2D eigenvalue weighted by Gasteiger charge is -2.27. The Hall–Kier alpha value is -12.7. The molecule has 13 rings (SSSR count). The fourth-order valence-corrected chi connectivity index (χ4v) is 16.3. The Balaban J connectivity index is 0.000000189. The molecule has 3 fully saturated rings. The molecule has 746 valence electrons. The fraction of sp³-hybridized carbons (Fsp3) is 0.606. The number of nitrogens with zero attached hydrogens (tertiary/aromatic N) is 21. The van der Waals surface area contributed by atoms with Crippen LogP contribution in [0.15, 0.2) is 79.9 Å². The van der Waals surface area contributed by atoms with Gasteiger partial charge in [-0.3, -0.25) is 19.2 Å². The largest absolute Gasteiger partial charge is 0.480 e. The summed E-state index contributed by atoms with van der Waals surface area (Å²) in [6, 6.07) is 19.5. The molecule has 0 radical (unpaired) electrons. The molecule has 8 aromatic heterocycles. The highest BCUT2D eigenvalue weighted by Gasteiger charge is 2.34. The second-order valence-corrected chi connectivity index (χ2v) is 38.2. The number of carbonyl (C=O) groups is 7. The number of esters is 2. The minimum absolute atomic E-state index is 0.0219. The number of carboxylic acids is 2. The second-order valence-electron chi connectivity index (χ2n) is 38.2. The molecule has 137 heavy (non-hydrogen) atoms. The van der Waals surface area contributed by atoms with Gasteiger partial charge in [-0.25, -0.2) is 49.0 Å². The number of carboxylic acid groups (broad SMARTS) is 2. The van der Waals surface area contributed by atoms with Gasteiger partial charge in [0, 0.05) is 65.4 Å². The first-order chi connectivity index (χ1) is 65.6. The van der Waals surface area contributed by atoms with Crippen LogP contribution in [0.1, 0.15) is 287 Å². The summed E-state index contributed by atoms with van der Waals surface area (Å²) in [5, 5.41) is 29.0. The van der Waals surface area contributed by atoms with Gasteiger partial charge >= 0.3 is 42.2 Å². The summed E-state index contributed by atoms with van der Waals surface area (Å²) in [7, 11) is 3.87. The Morgan fingerprint density at radius 3 is 1.18 bits per heavy atom. The first kappa shape index (κ1) is 106. The lowest BCUT2D eigenvalue weighted by atomic mass is 9.84. The fourth-order valence-electron chi connectivity index (χ4n) is 16.3. The van der Waals surface area contributed by atoms with E-state index in [0.29, 0.717) is 126 Å². The molecule has 8 heterocycles. The van der Waals surface area contributed by atoms with Crippen LogP contribution in [-0.2, 0) is 82.1 Å². The van der Waals surface area contributed by atoms with E-state index in [1.807, 2.05) is 104 Å². The summed E-state index contributed by atoms with van der Waals surface area (Å²) in [6.45, 7) is 31.7. The van der Waals surface area contributed by atoms with Gasteiger partial charge in [0.25, 0.3) is 0 Å². The maximum absolute atomic E-state index is 13.2. The number of benzene rings is 2. The van der Waals surface area contributed by atoms with Crippen molar-refractivity contribution >= 4 is 134 Å². The number of imidazole rings is 4. The van der Waals surface area contributed by atoms with Crippen molar-refractivity contribution in [3.63, 3.8) is 0 Å². The van der Waals surface area contributed by atoms with Crippen molar-refractivity contribution < 1.29 is 67.5 Å². The molecule has 0 aliphatic heterocycles. The van der Waals surface area contributed by atoms with E-state index >= 15 is 0 Å². The van der Waals surface area contributed by atoms with Gasteiger partial charge in [-0.2, -0.15) is 39.9 Å². The smallest absolute Gasteiger partial charge is 0.417 e. The van der Waals surface area contributed by atoms with Crippen molar-refractivity contribution in [2.24, 2.45) is 0 Å². The van der Waals surface area contributed by atoms with Crippen molar-refractivity contribution in [3.8, 4) is 0 Å². The zero-order valence-corrected chi connectivity index (χ0v) is 83.6. The summed E-state index contributed by atoms with van der Waals surface area (Å²) in [5.74, 6) is 1.46. The topological polar surface area (TPSA) is 433 Å². The number of anilines is 8. The Morgan fingerprint density at radius 2 is 0.774 bits per heavy atom. The van der Waals surface area contributed by atoms with Crippen LogP contribution < -0.4 is 40.4 Å². The summed E-state index contributed by atoms with van der Waals surface area (Å²) in [4.78, 5) is 150. The average Bonchev–Trinajstić information content (AvgIpc) is 1.80. The number of unbranched alkanes of at least 4 members (excludes halogenated alkanes) is 7. The van der Waals surface area contributed by atoms with Crippen LogP contribution in [0.2, 0.25) is 0 Å². The third kappa shape index (κ3) is 32.2. The molecule has 0 atom stereocenters. The van der Waals surface area contributed by atoms with Crippen LogP contribution in [0.5, 0.6) is 0 Å². The van der Waals surface area contributed by atoms with E-state index in [-0.39, 0.29) is 68.0 Å². The van der Waals surface area contributed by atoms with E-state index in [9.17, 15) is 43.8 Å². The number of hydrogen-bond acceptors (Lipinski definition) is 29. The molecule has 0 unspecified atom stereocenters. The number of aliphatic carboxylic acids is 2. The predicted molar refractivity (Wildman–Crippen MR) is 532 cm³/mol. The van der Waals surface area contributed by atoms with Crippen molar-refractivity contribution in [3.05, 3.63) is 96.6 Å². The van der Waals surface area contributed by atoms with Gasteiger partial charge in [-0.15, -0.1) is 0 Å². The van der Waals surface area contributed by atoms with E-state index in [4.69, 9.17) is 48.6 Å². The summed E-state index contributed by atoms with van der Waals surface area (Å²) >= 11 is 0. The van der Waals surface area contributed by atoms with Crippen LogP contribution in [-0.4, -0.2) is 213 Å². The van der Waals surface area contributed by atoms with Crippen LogP contribution in [0.4, 0.5) is 61.4 Å². The van der Waals surface area contributed by atoms with Crippen molar-refractivity contribution in [1.29, 1.82) is 0 Å². The highest BCUT2D eigenvalue weighted by Crippen LogP contribution is 2.36. The van der Waals surface area contributed by atoms with Gasteiger partial charge in [0.1, 0.15) is 43.0 Å². The molecule has 2 aromatic carbocycles. The Labute approximate surface area is 804 Å². The van der Waals surface area contributed by atoms with E-state index in [1.165, 1.54) is 76.0 Å². The molecule has 38 nitrogen and oxygen atoms in total. The molecule has 0 spiro atoms. The molecular weight excluding hydrogens is 1750 g/mol. The number of rotatable bonds is 40. The lowest BCUT2D eigenvalue weighted by molar-refractivity contribution is -0.144. The van der Waals surface area contributed by atoms with E-state index in [2.05, 4.69) is 115 Å². The molecule has 3 aliphatic rings. The maximum Gasteiger partial charge on any atom is 0.417 e. The molecule has 0 saturated heterocycles. The summed E-state index contributed by atoms with van der Waals surface area (Å²) in [5.41, 5.74) is 5.79. The number of carbonyl (C=O) groups excluding carboxylic acids is 5. The van der Waals surface area contributed by atoms with Crippen molar-refractivity contribution in [2.45, 2.75) is 338 Å². The number of fused-ring (bicyclic) bond motifs is 4. The highest BCUT2D eigenvalue weighted by atomic mass is 16.6. The normalized spacial score (nSPS) is 13.7. The SMILES string of the molecule is CCCCCN(C(=O)OC(C)(C)C)c1nc(N(C)CCCC)c2ncn(CC(=O)O)c2n1.CCCCCN(C(=O)OC(C)(C)C)c1nc(NC2CCCC2)c2ncn(CC(=O)OCC)c2n1.CCCCCN(C(=O)OC(C)(C)C)c1nc(NC2CCCCC2)c2ncn(CC(=O)OCC)c2n1.CN(Cc1ccccc1)c1nc(NCc2ccc(C3CCCCC3)cc2)nc2c1ncn2CC(=O)O. The van der Waals surface area contributed by atoms with E-state index < -0.39 is 47.0 Å². The molecule has 38 heteroatoms. The van der Waals surface area contributed by atoms with Gasteiger partial charge in [-0.05, 0) is 163 Å². The van der Waals surface area contributed by atoms with Crippen LogP contribution in [0, 0.1) is 0 Å². The van der Waals surface area contributed by atoms with Crippen LogP contribution >= 0.6 is 0 Å². The summed E-state index contributed by atoms with van der Waals surface area (Å²) in [6.07, 6.45) is 31.5. The standard InChI is InChI=1S/C28H32N6O2.C25H40N6O4.C24H38N6O4.C22H36N6O4/c1-33(17-21-8-4-2-5-9-21)26-25-27(34(19-30-25)18-24(35)36)32-28(31-26)29-16-20-12-14-23(15-13-20)22-10-6-3-7-11-22;1-6-8-12-15-31(24(33)35-25(3,4)5)23-28-21(27-18-13-10-9-11-14-18)20-22(29-23)30(17-26-20)16-19(32)34-7-2;1-6-8-11-14-30(23(32)34-24(3,4)5)22-27-20(26-17-12-9-10-13-17)19-21(28-22)29(16-25-19)15-18(31)33-7-2;1-7-9-11-13-28(21(31)32-22(3,4)5)20-24-18(26(6)12-10-8-2)17-19(25-20)27(15-23-17)14-16(29)30/h2,4-5,8-9,12-15,19,22H,3,6-7,10-11,16-18H2,1H3,(H,35,36)(H,29,31,32);17-18H,6-16H2,1-5H3,(H,27,28,29);16-17H,6-15H2,1-5H3,(H,26,27,28);15H,7-14H2,1-6H3,(H,29,30). The van der Waals surface area contributed by atoms with Gasteiger partial charge in [0.2, 0.25) is 23.8 Å². The number of ether oxygens (including phenoxy) is 5. The van der Waals surface area contributed by atoms with Gasteiger partial charge in [0.15, 0.2) is 67.9 Å². The molecule has 3 saturated carbocycles. The van der Waals surface area contributed by atoms with E-state index in [1.54, 1.807) is 40.2 Å². The van der Waals surface area contributed by atoms with Gasteiger partial charge < -0.3 is 77.9 Å². The Bertz CT molecular complexity index is 5550. The molecular formula is C99H146N24O14. The average molecular weight is 1900 g/mol. The third-order valence-electron chi connectivity index (χ3n) is 23.1. The van der Waals surface area contributed by atoms with Gasteiger partial charge in [-0.1, -0.05) is 179 Å². The zero-order valence-electron chi connectivity index (χ0n) is 83.6. The zero-order chi connectivity index (χ0) is 98.9. The maximum atomic E-state index is 13.2. The molecule has 5 N–H and O–H groups in total. The molecule has 0 bridgehead atoms. The number of amides is 3. The Kier molecular flexibility index (Phi) is 40.0. The third-order valence-corrected chi connectivity index (χ3v) is 23.1. The number of aromatic nitrogens is 16. The lowest BCUT2D eigenvalue weighted by Crippen LogP contribution is -2.39. The first-order valence-corrected chi connectivity index (χ1v) is 49.1. The first-order valence-electron chi connectivity index (χ1n) is 49.1. The quantitative estimate of drug-likeness (QED) is 0.0135. The van der Waals surface area contributed by atoms with Crippen LogP contribution in [0.25, 0.3) is 44.7 Å². The summed E-state index contributed by atoms with van der Waals surface area (Å²) < 4.78 is 33.5. The predicted octanol–water partition coefficient (Wildman–Crippen LogP) is 19.0. The minimum Gasteiger partial charge on any atom is -0.480 e. The highest BCUT2D eigenvalue weighted by molar-refractivity contribution is 5.94.